The lowest BCUT2D eigenvalue weighted by molar-refractivity contribution is 0.103. The van der Waals surface area contributed by atoms with Crippen LogP contribution in [0.4, 0.5) is 0 Å². The van der Waals surface area contributed by atoms with Crippen molar-refractivity contribution in [3.63, 3.8) is 0 Å². The van der Waals surface area contributed by atoms with E-state index in [4.69, 9.17) is 0 Å². The van der Waals surface area contributed by atoms with Crippen LogP contribution in [-0.2, 0) is 0 Å². The van der Waals surface area contributed by atoms with Crippen molar-refractivity contribution in [2.75, 3.05) is 0 Å². The van der Waals surface area contributed by atoms with E-state index in [1.165, 1.54) is 17.1 Å². The van der Waals surface area contributed by atoms with Crippen molar-refractivity contribution in [1.29, 1.82) is 0 Å². The molecule has 76 valence electrons. The van der Waals surface area contributed by atoms with Gasteiger partial charge >= 0.3 is 0 Å². The number of carbonyl (C=O) groups excluding carboxylic acids is 1. The van der Waals surface area contributed by atoms with Crippen molar-refractivity contribution in [2.24, 2.45) is 0 Å². The van der Waals surface area contributed by atoms with Crippen LogP contribution in [0, 0.1) is 13.8 Å². The molecule has 2 rings (SSSR count). The van der Waals surface area contributed by atoms with E-state index in [1.807, 2.05) is 32.0 Å². The predicted molar refractivity (Wildman–Crippen MR) is 59.3 cm³/mol. The van der Waals surface area contributed by atoms with E-state index in [-0.39, 0.29) is 5.78 Å². The Morgan fingerprint density at radius 2 is 2.07 bits per heavy atom. The van der Waals surface area contributed by atoms with E-state index < -0.39 is 0 Å². The highest BCUT2D eigenvalue weighted by Gasteiger charge is 2.11. The van der Waals surface area contributed by atoms with Crippen LogP contribution in [0.2, 0.25) is 0 Å². The summed E-state index contributed by atoms with van der Waals surface area (Å²) in [6.07, 6.45) is 0. The summed E-state index contributed by atoms with van der Waals surface area (Å²) in [5.41, 5.74) is 3.39. The number of hydrogen-bond acceptors (Lipinski definition) is 4. The van der Waals surface area contributed by atoms with Gasteiger partial charge in [-0.05, 0) is 42.6 Å². The topological polar surface area (TPSA) is 42.9 Å². The zero-order chi connectivity index (χ0) is 10.8. The molecule has 0 spiro atoms. The van der Waals surface area contributed by atoms with Gasteiger partial charge in [-0.1, -0.05) is 16.6 Å². The summed E-state index contributed by atoms with van der Waals surface area (Å²) in [6.45, 7) is 4.01. The summed E-state index contributed by atoms with van der Waals surface area (Å²) < 4.78 is 3.68. The molecule has 0 N–H and O–H groups in total. The lowest BCUT2D eigenvalue weighted by Gasteiger charge is -2.02. The molecule has 0 aliphatic heterocycles. The molecule has 0 saturated carbocycles. The fraction of sp³-hybridized carbons (Fsp3) is 0.182. The van der Waals surface area contributed by atoms with Crippen LogP contribution in [-0.4, -0.2) is 15.4 Å². The molecule has 1 aromatic carbocycles. The van der Waals surface area contributed by atoms with Crippen molar-refractivity contribution >= 4 is 17.3 Å². The lowest BCUT2D eigenvalue weighted by Crippen LogP contribution is -2.02. The second kappa shape index (κ2) is 3.90. The maximum atomic E-state index is 11.9. The molecular weight excluding hydrogens is 208 g/mol. The van der Waals surface area contributed by atoms with Gasteiger partial charge in [-0.15, -0.1) is 5.10 Å². The first kappa shape index (κ1) is 9.98. The minimum atomic E-state index is -0.0631. The van der Waals surface area contributed by atoms with E-state index in [0.717, 1.165) is 5.56 Å². The summed E-state index contributed by atoms with van der Waals surface area (Å²) in [7, 11) is 0. The minimum absolute atomic E-state index is 0.0631. The lowest BCUT2D eigenvalue weighted by atomic mass is 10.0. The molecule has 0 aliphatic carbocycles. The molecule has 0 amide bonds. The largest absolute Gasteiger partial charge is 0.287 e. The quantitative estimate of drug-likeness (QED) is 0.727. The van der Waals surface area contributed by atoms with Crippen molar-refractivity contribution < 1.29 is 4.79 Å². The standard InChI is InChI=1S/C11H10N2OS/c1-7-3-4-9(5-8(7)2)11(14)10-6-15-13-12-10/h3-6H,1-2H3. The Kier molecular flexibility index (Phi) is 2.60. The molecule has 0 fully saturated rings. The second-order valence-electron chi connectivity index (χ2n) is 3.42. The summed E-state index contributed by atoms with van der Waals surface area (Å²) in [5.74, 6) is -0.0631. The van der Waals surface area contributed by atoms with Crippen LogP contribution in [0.5, 0.6) is 0 Å². The van der Waals surface area contributed by atoms with E-state index in [1.54, 1.807) is 5.38 Å². The van der Waals surface area contributed by atoms with Gasteiger partial charge in [0.15, 0.2) is 0 Å². The van der Waals surface area contributed by atoms with Gasteiger partial charge in [0.05, 0.1) is 0 Å². The monoisotopic (exact) mass is 218 g/mol. The van der Waals surface area contributed by atoms with Gasteiger partial charge in [0.1, 0.15) is 5.69 Å². The van der Waals surface area contributed by atoms with Crippen LogP contribution >= 0.6 is 11.5 Å². The Balaban J connectivity index is 2.39. The second-order valence-corrected chi connectivity index (χ2v) is 4.03. The van der Waals surface area contributed by atoms with Gasteiger partial charge in [-0.2, -0.15) is 0 Å². The zero-order valence-electron chi connectivity index (χ0n) is 8.52. The van der Waals surface area contributed by atoms with Crippen molar-refractivity contribution in [3.8, 4) is 0 Å². The van der Waals surface area contributed by atoms with Crippen molar-refractivity contribution in [3.05, 3.63) is 46.0 Å². The van der Waals surface area contributed by atoms with Crippen molar-refractivity contribution in [1.82, 2.24) is 9.59 Å². The molecule has 0 unspecified atom stereocenters. The third-order valence-corrected chi connectivity index (χ3v) is 2.87. The smallest absolute Gasteiger partial charge is 0.214 e. The Morgan fingerprint density at radius 1 is 1.27 bits per heavy atom. The first-order valence-electron chi connectivity index (χ1n) is 4.57. The molecule has 0 atom stereocenters. The third kappa shape index (κ3) is 1.94. The molecule has 4 heteroatoms. The van der Waals surface area contributed by atoms with Gasteiger partial charge in [-0.25, -0.2) is 0 Å². The maximum absolute atomic E-state index is 11.9. The molecule has 3 nitrogen and oxygen atoms in total. The minimum Gasteiger partial charge on any atom is -0.287 e. The van der Waals surface area contributed by atoms with E-state index in [0.29, 0.717) is 11.3 Å². The van der Waals surface area contributed by atoms with Gasteiger partial charge in [-0.3, -0.25) is 4.79 Å². The Hall–Kier alpha value is -1.55. The summed E-state index contributed by atoms with van der Waals surface area (Å²) in [6, 6.07) is 5.66. The molecule has 0 bridgehead atoms. The van der Waals surface area contributed by atoms with Gasteiger partial charge < -0.3 is 0 Å². The number of nitrogens with zero attached hydrogens (tertiary/aromatic N) is 2. The van der Waals surface area contributed by atoms with Gasteiger partial charge in [0, 0.05) is 10.9 Å². The molecule has 1 aromatic heterocycles. The SMILES string of the molecule is Cc1ccc(C(=O)c2csnn2)cc1C. The summed E-state index contributed by atoms with van der Waals surface area (Å²) in [5, 5.41) is 5.43. The number of hydrogen-bond donors (Lipinski definition) is 0. The van der Waals surface area contributed by atoms with E-state index in [2.05, 4.69) is 9.59 Å². The molecule has 15 heavy (non-hydrogen) atoms. The molecule has 0 saturated heterocycles. The first-order valence-corrected chi connectivity index (χ1v) is 5.41. The van der Waals surface area contributed by atoms with Crippen LogP contribution in [0.1, 0.15) is 27.2 Å². The zero-order valence-corrected chi connectivity index (χ0v) is 9.34. The Morgan fingerprint density at radius 3 is 2.67 bits per heavy atom. The third-order valence-electron chi connectivity index (χ3n) is 2.36. The highest BCUT2D eigenvalue weighted by molar-refractivity contribution is 7.03. The molecule has 0 aliphatic rings. The van der Waals surface area contributed by atoms with Crippen molar-refractivity contribution in [2.45, 2.75) is 13.8 Å². The first-order chi connectivity index (χ1) is 7.18. The van der Waals surface area contributed by atoms with Gasteiger partial charge in [0.2, 0.25) is 5.78 Å². The van der Waals surface area contributed by atoms with Crippen LogP contribution < -0.4 is 0 Å². The molecule has 0 radical (unpaired) electrons. The number of aryl methyl sites for hydroxylation is 2. The number of carbonyl (C=O) groups is 1. The van der Waals surface area contributed by atoms with Crippen LogP contribution in [0.3, 0.4) is 0 Å². The van der Waals surface area contributed by atoms with E-state index in [9.17, 15) is 4.79 Å². The van der Waals surface area contributed by atoms with E-state index >= 15 is 0 Å². The predicted octanol–water partition coefficient (Wildman–Crippen LogP) is 2.39. The molecule has 1 heterocycles. The number of rotatable bonds is 2. The fourth-order valence-corrected chi connectivity index (χ4v) is 1.73. The highest BCUT2D eigenvalue weighted by Crippen LogP contribution is 2.13. The van der Waals surface area contributed by atoms with Crippen LogP contribution in [0.15, 0.2) is 23.6 Å². The number of aromatic nitrogens is 2. The number of ketones is 1. The Bertz CT molecular complexity index is 491. The fourth-order valence-electron chi connectivity index (χ4n) is 1.29. The maximum Gasteiger partial charge on any atom is 0.214 e. The summed E-state index contributed by atoms with van der Waals surface area (Å²) >= 11 is 1.19. The Labute approximate surface area is 91.9 Å². The molecule has 2 aromatic rings. The average Bonchev–Trinajstić information content (AvgIpc) is 2.74. The number of benzene rings is 1. The normalized spacial score (nSPS) is 10.3. The van der Waals surface area contributed by atoms with Crippen LogP contribution in [0.25, 0.3) is 0 Å². The highest BCUT2D eigenvalue weighted by atomic mass is 32.1. The van der Waals surface area contributed by atoms with Gasteiger partial charge in [0.25, 0.3) is 0 Å². The average molecular weight is 218 g/mol. The molecular formula is C11H10N2OS. The summed E-state index contributed by atoms with van der Waals surface area (Å²) in [4.78, 5) is 11.9.